The second kappa shape index (κ2) is 8.12. The van der Waals surface area contributed by atoms with E-state index in [0.29, 0.717) is 29.8 Å². The fourth-order valence-electron chi connectivity index (χ4n) is 4.28. The number of carbonyl (C=O) groups is 2. The average molecular weight is 402 g/mol. The fourth-order valence-corrected chi connectivity index (χ4v) is 4.28. The number of fused-ring (bicyclic) bond motifs is 1. The largest absolute Gasteiger partial charge is 0.378 e. The molecule has 1 aromatic heterocycles. The van der Waals surface area contributed by atoms with Gasteiger partial charge in [-0.15, -0.1) is 0 Å². The number of carbonyl (C=O) groups excluding carboxylic acids is 2. The summed E-state index contributed by atoms with van der Waals surface area (Å²) in [4.78, 5) is 31.5. The lowest BCUT2D eigenvalue weighted by atomic mass is 10.0. The van der Waals surface area contributed by atoms with Gasteiger partial charge in [-0.2, -0.15) is 0 Å². The highest BCUT2D eigenvalue weighted by molar-refractivity contribution is 5.99. The molecule has 1 aromatic carbocycles. The third kappa shape index (κ3) is 4.13. The molecule has 7 nitrogen and oxygen atoms in total. The van der Waals surface area contributed by atoms with Gasteiger partial charge >= 0.3 is 0 Å². The van der Waals surface area contributed by atoms with Crippen LogP contribution in [0.4, 0.5) is 4.39 Å². The van der Waals surface area contributed by atoms with Crippen molar-refractivity contribution < 1.29 is 18.7 Å². The number of H-pyrrole nitrogens is 1. The maximum absolute atomic E-state index is 14.0. The van der Waals surface area contributed by atoms with Crippen LogP contribution in [-0.2, 0) is 9.53 Å². The summed E-state index contributed by atoms with van der Waals surface area (Å²) < 4.78 is 19.8. The molecule has 8 heteroatoms. The first kappa shape index (κ1) is 19.8. The zero-order valence-electron chi connectivity index (χ0n) is 16.8. The highest BCUT2D eigenvalue weighted by Gasteiger charge is 2.31. The van der Waals surface area contributed by atoms with Crippen LogP contribution in [0.1, 0.15) is 29.4 Å². The normalized spacial score (nSPS) is 23.3. The van der Waals surface area contributed by atoms with E-state index < -0.39 is 0 Å². The van der Waals surface area contributed by atoms with Crippen LogP contribution < -0.4 is 5.32 Å². The number of aromatic nitrogens is 1. The molecule has 2 aliphatic rings. The fraction of sp³-hybridized carbons (Fsp3) is 0.524. The van der Waals surface area contributed by atoms with Gasteiger partial charge in [0.25, 0.3) is 5.91 Å². The lowest BCUT2D eigenvalue weighted by molar-refractivity contribution is -0.131. The average Bonchev–Trinajstić information content (AvgIpc) is 3.18. The quantitative estimate of drug-likeness (QED) is 0.819. The third-order valence-corrected chi connectivity index (χ3v) is 5.99. The van der Waals surface area contributed by atoms with E-state index in [0.717, 1.165) is 38.2 Å². The summed E-state index contributed by atoms with van der Waals surface area (Å²) in [7, 11) is 0. The summed E-state index contributed by atoms with van der Waals surface area (Å²) in [5.74, 6) is -0.484. The van der Waals surface area contributed by atoms with Crippen LogP contribution in [0, 0.1) is 12.7 Å². The van der Waals surface area contributed by atoms with Gasteiger partial charge in [-0.3, -0.25) is 14.5 Å². The Morgan fingerprint density at radius 1 is 1.21 bits per heavy atom. The Morgan fingerprint density at radius 2 is 1.97 bits per heavy atom. The molecule has 0 radical (unpaired) electrons. The van der Waals surface area contributed by atoms with E-state index in [1.165, 1.54) is 6.07 Å². The maximum Gasteiger partial charge on any atom is 0.268 e. The first-order chi connectivity index (χ1) is 13.9. The molecule has 2 amide bonds. The molecule has 4 rings (SSSR count). The molecule has 2 fully saturated rings. The summed E-state index contributed by atoms with van der Waals surface area (Å²) in [6, 6.07) is 4.78. The molecule has 2 aromatic rings. The number of aromatic amines is 1. The molecule has 0 spiro atoms. The van der Waals surface area contributed by atoms with E-state index in [9.17, 15) is 14.0 Å². The Balaban J connectivity index is 1.38. The molecule has 2 aliphatic heterocycles. The van der Waals surface area contributed by atoms with Gasteiger partial charge in [0.1, 0.15) is 11.5 Å². The number of aryl methyl sites for hydroxylation is 1. The minimum absolute atomic E-state index is 0.107. The highest BCUT2D eigenvalue weighted by atomic mass is 19.1. The molecular weight excluding hydrogens is 375 g/mol. The number of nitrogens with zero attached hydrogens (tertiary/aromatic N) is 2. The Labute approximate surface area is 169 Å². The molecule has 0 unspecified atom stereocenters. The van der Waals surface area contributed by atoms with Crippen molar-refractivity contribution in [2.75, 3.05) is 39.4 Å². The van der Waals surface area contributed by atoms with Crippen LogP contribution in [0.5, 0.6) is 0 Å². The molecule has 3 heterocycles. The summed E-state index contributed by atoms with van der Waals surface area (Å²) in [5, 5.41) is 3.45. The van der Waals surface area contributed by atoms with Gasteiger partial charge in [0.15, 0.2) is 0 Å². The van der Waals surface area contributed by atoms with E-state index in [4.69, 9.17) is 4.74 Å². The van der Waals surface area contributed by atoms with Crippen molar-refractivity contribution in [3.63, 3.8) is 0 Å². The Kier molecular flexibility index (Phi) is 5.56. The summed E-state index contributed by atoms with van der Waals surface area (Å²) >= 11 is 0. The van der Waals surface area contributed by atoms with Gasteiger partial charge in [-0.05, 0) is 31.0 Å². The number of halogens is 1. The zero-order chi connectivity index (χ0) is 20.5. The number of hydrogen-bond donors (Lipinski definition) is 2. The van der Waals surface area contributed by atoms with Crippen molar-refractivity contribution in [3.05, 3.63) is 35.3 Å². The Bertz CT molecular complexity index is 881. The van der Waals surface area contributed by atoms with Crippen molar-refractivity contribution in [2.45, 2.75) is 32.4 Å². The smallest absolute Gasteiger partial charge is 0.268 e. The first-order valence-corrected chi connectivity index (χ1v) is 10.1. The van der Waals surface area contributed by atoms with Crippen molar-refractivity contribution in [1.29, 1.82) is 0 Å². The van der Waals surface area contributed by atoms with Crippen LogP contribution in [0.3, 0.4) is 0 Å². The number of amides is 2. The lowest BCUT2D eigenvalue weighted by Gasteiger charge is -2.42. The molecular formula is C21H27FN4O3. The second-order valence-corrected chi connectivity index (χ2v) is 7.98. The van der Waals surface area contributed by atoms with E-state index in [1.807, 2.05) is 11.8 Å². The minimum atomic E-state index is -0.341. The standard InChI is InChI=1S/C21H27FN4O3/c1-13-3-4-18(22)17-10-19(24-20(13)17)21(28)23-15-9-16(12-29-11-15)26-7-5-25(6-8-26)14(2)27/h3-4,10,15-16,24H,5-9,11-12H2,1-2H3,(H,23,28)/t15-,16+/m0/s1. The van der Waals surface area contributed by atoms with Crippen LogP contribution in [0.25, 0.3) is 10.9 Å². The molecule has 29 heavy (non-hydrogen) atoms. The molecule has 0 saturated carbocycles. The van der Waals surface area contributed by atoms with Crippen LogP contribution in [0.15, 0.2) is 18.2 Å². The SMILES string of the molecule is CC(=O)N1CCN([C@H]2COC[C@@H](NC(=O)c3cc4c(F)ccc(C)c4[nH]3)C2)CC1. The van der Waals surface area contributed by atoms with Crippen LogP contribution in [-0.4, -0.2) is 78.1 Å². The highest BCUT2D eigenvalue weighted by Crippen LogP contribution is 2.23. The van der Waals surface area contributed by atoms with Gasteiger partial charge in [0.2, 0.25) is 5.91 Å². The molecule has 2 atom stereocenters. The van der Waals surface area contributed by atoms with Crippen molar-refractivity contribution in [1.82, 2.24) is 20.1 Å². The van der Waals surface area contributed by atoms with Gasteiger partial charge in [0.05, 0.1) is 24.8 Å². The second-order valence-electron chi connectivity index (χ2n) is 7.98. The van der Waals surface area contributed by atoms with Gasteiger partial charge in [0, 0.05) is 44.5 Å². The van der Waals surface area contributed by atoms with Gasteiger partial charge in [-0.1, -0.05) is 6.07 Å². The number of ether oxygens (including phenoxy) is 1. The first-order valence-electron chi connectivity index (χ1n) is 10.1. The van der Waals surface area contributed by atoms with Crippen LogP contribution in [0.2, 0.25) is 0 Å². The molecule has 156 valence electrons. The predicted molar refractivity (Wildman–Crippen MR) is 107 cm³/mol. The third-order valence-electron chi connectivity index (χ3n) is 5.99. The number of piperazine rings is 1. The lowest BCUT2D eigenvalue weighted by Crippen LogP contribution is -2.56. The summed E-state index contributed by atoms with van der Waals surface area (Å²) in [5.41, 5.74) is 1.90. The van der Waals surface area contributed by atoms with E-state index in [2.05, 4.69) is 15.2 Å². The predicted octanol–water partition coefficient (Wildman–Crippen LogP) is 1.67. The summed E-state index contributed by atoms with van der Waals surface area (Å²) in [6.07, 6.45) is 0.791. The van der Waals surface area contributed by atoms with Crippen LogP contribution >= 0.6 is 0 Å². The van der Waals surface area contributed by atoms with E-state index in [-0.39, 0.29) is 29.7 Å². The van der Waals surface area contributed by atoms with Crippen molar-refractivity contribution in [2.24, 2.45) is 0 Å². The Morgan fingerprint density at radius 3 is 2.66 bits per heavy atom. The topological polar surface area (TPSA) is 77.7 Å². The summed E-state index contributed by atoms with van der Waals surface area (Å²) in [6.45, 7) is 7.65. The van der Waals surface area contributed by atoms with Gasteiger partial charge in [-0.25, -0.2) is 4.39 Å². The number of benzene rings is 1. The maximum atomic E-state index is 14.0. The van der Waals surface area contributed by atoms with E-state index in [1.54, 1.807) is 19.1 Å². The number of nitrogens with one attached hydrogen (secondary N) is 2. The Hall–Kier alpha value is -2.45. The molecule has 2 saturated heterocycles. The van der Waals surface area contributed by atoms with Gasteiger partial charge < -0.3 is 19.9 Å². The zero-order valence-corrected chi connectivity index (χ0v) is 16.8. The van der Waals surface area contributed by atoms with Crippen molar-refractivity contribution >= 4 is 22.7 Å². The molecule has 0 bridgehead atoms. The monoisotopic (exact) mass is 402 g/mol. The molecule has 2 N–H and O–H groups in total. The minimum Gasteiger partial charge on any atom is -0.378 e. The number of rotatable bonds is 3. The van der Waals surface area contributed by atoms with Crippen molar-refractivity contribution in [3.8, 4) is 0 Å². The molecule has 0 aliphatic carbocycles. The van der Waals surface area contributed by atoms with E-state index >= 15 is 0 Å². The number of hydrogen-bond acceptors (Lipinski definition) is 4.